The van der Waals surface area contributed by atoms with Crippen LogP contribution in [-0.2, 0) is 18.4 Å². The zero-order valence-electron chi connectivity index (χ0n) is 14.4. The summed E-state index contributed by atoms with van der Waals surface area (Å²) >= 11 is 13.4. The SMILES string of the molecule is Cn1ncc2c(=O)n(CC(=O)Nc3nc(-c4cc(Cl)ccc4Cl)cs3)cnc21. The summed E-state index contributed by atoms with van der Waals surface area (Å²) in [6.07, 6.45) is 2.76. The van der Waals surface area contributed by atoms with Gasteiger partial charge in [-0.1, -0.05) is 23.2 Å². The van der Waals surface area contributed by atoms with E-state index >= 15 is 0 Å². The number of aryl methyl sites for hydroxylation is 1. The van der Waals surface area contributed by atoms with E-state index in [-0.39, 0.29) is 12.1 Å². The molecular formula is C17H12Cl2N6O2S. The van der Waals surface area contributed by atoms with Crippen molar-refractivity contribution in [2.75, 3.05) is 5.32 Å². The molecule has 0 radical (unpaired) electrons. The predicted octanol–water partition coefficient (Wildman–Crippen LogP) is 3.20. The number of rotatable bonds is 4. The van der Waals surface area contributed by atoms with Crippen LogP contribution >= 0.6 is 34.5 Å². The molecule has 1 N–H and O–H groups in total. The highest BCUT2D eigenvalue weighted by Gasteiger charge is 2.14. The van der Waals surface area contributed by atoms with E-state index in [1.54, 1.807) is 30.6 Å². The van der Waals surface area contributed by atoms with Crippen LogP contribution in [0.15, 0.2) is 40.9 Å². The Morgan fingerprint density at radius 3 is 2.96 bits per heavy atom. The smallest absolute Gasteiger partial charge is 0.264 e. The first-order valence-corrected chi connectivity index (χ1v) is 9.64. The van der Waals surface area contributed by atoms with Gasteiger partial charge in [0.25, 0.3) is 5.56 Å². The van der Waals surface area contributed by atoms with Crippen molar-refractivity contribution in [3.05, 3.63) is 56.5 Å². The quantitative estimate of drug-likeness (QED) is 0.531. The summed E-state index contributed by atoms with van der Waals surface area (Å²) in [7, 11) is 1.69. The van der Waals surface area contributed by atoms with Gasteiger partial charge in [-0.15, -0.1) is 11.3 Å². The first-order valence-electron chi connectivity index (χ1n) is 8.00. The van der Waals surface area contributed by atoms with Gasteiger partial charge in [0.15, 0.2) is 10.8 Å². The summed E-state index contributed by atoms with van der Waals surface area (Å²) in [4.78, 5) is 33.3. The van der Waals surface area contributed by atoms with E-state index in [2.05, 4.69) is 20.4 Å². The fourth-order valence-corrected chi connectivity index (χ4v) is 3.75. The Hall–Kier alpha value is -2.75. The third kappa shape index (κ3) is 3.51. The maximum absolute atomic E-state index is 12.4. The van der Waals surface area contributed by atoms with E-state index in [1.807, 2.05) is 0 Å². The van der Waals surface area contributed by atoms with Gasteiger partial charge >= 0.3 is 0 Å². The molecule has 11 heteroatoms. The molecule has 0 atom stereocenters. The second kappa shape index (κ2) is 7.34. The van der Waals surface area contributed by atoms with Gasteiger partial charge in [-0.25, -0.2) is 9.97 Å². The molecule has 0 spiro atoms. The fraction of sp³-hybridized carbons (Fsp3) is 0.118. The van der Waals surface area contributed by atoms with E-state index in [0.717, 1.165) is 0 Å². The molecule has 0 unspecified atom stereocenters. The number of anilines is 1. The minimum Gasteiger partial charge on any atom is -0.300 e. The van der Waals surface area contributed by atoms with Crippen LogP contribution < -0.4 is 10.9 Å². The van der Waals surface area contributed by atoms with Crippen molar-refractivity contribution in [2.45, 2.75) is 6.54 Å². The molecule has 0 bridgehead atoms. The highest BCUT2D eigenvalue weighted by atomic mass is 35.5. The summed E-state index contributed by atoms with van der Waals surface area (Å²) in [5.41, 5.74) is 1.40. The van der Waals surface area contributed by atoms with Crippen LogP contribution in [-0.4, -0.2) is 30.2 Å². The van der Waals surface area contributed by atoms with Gasteiger partial charge in [0, 0.05) is 23.0 Å². The lowest BCUT2D eigenvalue weighted by Gasteiger charge is -2.05. The molecular weight excluding hydrogens is 423 g/mol. The van der Waals surface area contributed by atoms with Crippen LogP contribution in [0.2, 0.25) is 10.0 Å². The van der Waals surface area contributed by atoms with Gasteiger partial charge in [-0.3, -0.25) is 18.8 Å². The maximum Gasteiger partial charge on any atom is 0.264 e. The van der Waals surface area contributed by atoms with Crippen molar-refractivity contribution in [2.24, 2.45) is 7.05 Å². The van der Waals surface area contributed by atoms with Gasteiger partial charge < -0.3 is 5.32 Å². The molecule has 3 heterocycles. The maximum atomic E-state index is 12.4. The van der Waals surface area contributed by atoms with Crippen molar-refractivity contribution in [1.82, 2.24) is 24.3 Å². The molecule has 1 aromatic carbocycles. The van der Waals surface area contributed by atoms with Gasteiger partial charge in [0.05, 0.1) is 16.9 Å². The minimum atomic E-state index is -0.398. The molecule has 0 aliphatic heterocycles. The van der Waals surface area contributed by atoms with E-state index in [4.69, 9.17) is 23.2 Å². The van der Waals surface area contributed by atoms with Crippen molar-refractivity contribution in [3.63, 3.8) is 0 Å². The molecule has 0 aliphatic rings. The minimum absolute atomic E-state index is 0.191. The lowest BCUT2D eigenvalue weighted by Crippen LogP contribution is -2.27. The monoisotopic (exact) mass is 434 g/mol. The van der Waals surface area contributed by atoms with Crippen LogP contribution in [0, 0.1) is 0 Å². The predicted molar refractivity (Wildman–Crippen MR) is 109 cm³/mol. The molecule has 4 rings (SSSR count). The average Bonchev–Trinajstić information content (AvgIpc) is 3.27. The van der Waals surface area contributed by atoms with Crippen LogP contribution in [0.5, 0.6) is 0 Å². The Morgan fingerprint density at radius 1 is 1.32 bits per heavy atom. The molecule has 0 saturated carbocycles. The van der Waals surface area contributed by atoms with Crippen molar-refractivity contribution < 1.29 is 4.79 Å². The number of fused-ring (bicyclic) bond motifs is 1. The summed E-state index contributed by atoms with van der Waals surface area (Å²) in [6.45, 7) is -0.191. The highest BCUT2D eigenvalue weighted by molar-refractivity contribution is 7.14. The summed E-state index contributed by atoms with van der Waals surface area (Å²) in [5, 5.41) is 10.2. The normalized spacial score (nSPS) is 11.1. The Balaban J connectivity index is 1.52. The second-order valence-corrected chi connectivity index (χ2v) is 7.60. The number of amides is 1. The Kier molecular flexibility index (Phi) is 4.88. The van der Waals surface area contributed by atoms with Crippen LogP contribution in [0.1, 0.15) is 0 Å². The summed E-state index contributed by atoms with van der Waals surface area (Å²) in [6, 6.07) is 5.08. The molecule has 0 saturated heterocycles. The number of nitrogens with zero attached hydrogens (tertiary/aromatic N) is 5. The van der Waals surface area contributed by atoms with Crippen molar-refractivity contribution >= 4 is 56.6 Å². The third-order valence-corrected chi connectivity index (χ3v) is 5.31. The number of carbonyl (C=O) groups is 1. The van der Waals surface area contributed by atoms with Gasteiger partial charge in [-0.2, -0.15) is 5.10 Å². The fourth-order valence-electron chi connectivity index (χ4n) is 2.64. The second-order valence-electron chi connectivity index (χ2n) is 5.89. The zero-order chi connectivity index (χ0) is 19.8. The molecule has 0 fully saturated rings. The highest BCUT2D eigenvalue weighted by Crippen LogP contribution is 2.32. The number of carbonyl (C=O) groups excluding carboxylic acids is 1. The van der Waals surface area contributed by atoms with E-state index in [9.17, 15) is 9.59 Å². The number of hydrogen-bond donors (Lipinski definition) is 1. The molecule has 28 heavy (non-hydrogen) atoms. The number of aromatic nitrogens is 5. The first-order chi connectivity index (χ1) is 13.4. The number of benzene rings is 1. The van der Waals surface area contributed by atoms with Crippen LogP contribution in [0.3, 0.4) is 0 Å². The molecule has 142 valence electrons. The summed E-state index contributed by atoms with van der Waals surface area (Å²) in [5.74, 6) is -0.398. The number of halogens is 2. The van der Waals surface area contributed by atoms with Gasteiger partial charge in [0.1, 0.15) is 18.3 Å². The molecule has 8 nitrogen and oxygen atoms in total. The van der Waals surface area contributed by atoms with Gasteiger partial charge in [-0.05, 0) is 18.2 Å². The molecule has 3 aromatic heterocycles. The largest absolute Gasteiger partial charge is 0.300 e. The van der Waals surface area contributed by atoms with E-state index in [0.29, 0.717) is 37.5 Å². The lowest BCUT2D eigenvalue weighted by molar-refractivity contribution is -0.116. The van der Waals surface area contributed by atoms with Crippen LogP contribution in [0.25, 0.3) is 22.3 Å². The van der Waals surface area contributed by atoms with Gasteiger partial charge in [0.2, 0.25) is 5.91 Å². The lowest BCUT2D eigenvalue weighted by atomic mass is 10.2. The van der Waals surface area contributed by atoms with Crippen molar-refractivity contribution in [3.8, 4) is 11.3 Å². The summed E-state index contributed by atoms with van der Waals surface area (Å²) < 4.78 is 2.72. The topological polar surface area (TPSA) is 94.7 Å². The van der Waals surface area contributed by atoms with Crippen LogP contribution in [0.4, 0.5) is 5.13 Å². The number of hydrogen-bond acceptors (Lipinski definition) is 6. The molecule has 0 aliphatic carbocycles. The standard InChI is InChI=1S/C17H12Cl2N6O2S/c1-24-15-11(5-21-24)16(27)25(8-20-15)6-14(26)23-17-22-13(7-28-17)10-4-9(18)2-3-12(10)19/h2-5,7-8H,6H2,1H3,(H,22,23,26). The van der Waals surface area contributed by atoms with E-state index in [1.165, 1.54) is 33.1 Å². The number of nitrogens with one attached hydrogen (secondary N) is 1. The third-order valence-electron chi connectivity index (χ3n) is 3.99. The van der Waals surface area contributed by atoms with Crippen molar-refractivity contribution in [1.29, 1.82) is 0 Å². The average molecular weight is 435 g/mol. The first kappa shape index (κ1) is 18.6. The number of thiazole rings is 1. The molecule has 1 amide bonds. The van der Waals surface area contributed by atoms with E-state index < -0.39 is 5.91 Å². The Bertz CT molecular complexity index is 1260. The Morgan fingerprint density at radius 2 is 2.14 bits per heavy atom. The molecule has 4 aromatic rings. The zero-order valence-corrected chi connectivity index (χ0v) is 16.7. The Labute approximate surface area is 172 Å².